The van der Waals surface area contributed by atoms with E-state index in [9.17, 15) is 19.8 Å². The summed E-state index contributed by atoms with van der Waals surface area (Å²) in [6, 6.07) is 9.06. The van der Waals surface area contributed by atoms with Gasteiger partial charge in [0.2, 0.25) is 0 Å². The number of amides is 3. The van der Waals surface area contributed by atoms with Crippen LogP contribution in [0.3, 0.4) is 0 Å². The molecule has 8 heteroatoms. The minimum Gasteiger partial charge on any atom is -0.505 e. The molecule has 1 saturated heterocycles. The first kappa shape index (κ1) is 19.5. The van der Waals surface area contributed by atoms with Gasteiger partial charge in [0.1, 0.15) is 11.3 Å². The minimum absolute atomic E-state index is 0.158. The molecule has 0 spiro atoms. The van der Waals surface area contributed by atoms with E-state index in [4.69, 9.17) is 0 Å². The predicted molar refractivity (Wildman–Crippen MR) is 103 cm³/mol. The largest absolute Gasteiger partial charge is 0.505 e. The molecule has 146 valence electrons. The standard InChI is InChI=1S/C20H22N4O4/c1-13-17(26)16(15(12-25)10-21-13)11-22-24-18(27)20(2,23-19(24)28)9-8-14-6-4-3-5-7-14/h3-7,10-11,25-26H,8-9,12H2,1-2H3,(H,23,28)/b22-11+/t20-/m0/s1. The average Bonchev–Trinajstić information content (AvgIpc) is 2.91. The Morgan fingerprint density at radius 3 is 2.68 bits per heavy atom. The molecule has 3 rings (SSSR count). The molecular formula is C20H22N4O4. The molecule has 1 aliphatic rings. The number of carbonyl (C=O) groups is 2. The van der Waals surface area contributed by atoms with Crippen molar-refractivity contribution in [2.75, 3.05) is 0 Å². The number of aryl methyl sites for hydroxylation is 2. The first-order valence-corrected chi connectivity index (χ1v) is 8.88. The lowest BCUT2D eigenvalue weighted by molar-refractivity contribution is -0.130. The molecule has 1 aromatic heterocycles. The number of aliphatic hydroxyl groups excluding tert-OH is 1. The Kier molecular flexibility index (Phi) is 5.41. The number of aliphatic hydroxyl groups is 1. The third kappa shape index (κ3) is 3.72. The van der Waals surface area contributed by atoms with E-state index in [1.165, 1.54) is 12.4 Å². The Balaban J connectivity index is 1.79. The van der Waals surface area contributed by atoms with Crippen molar-refractivity contribution in [3.8, 4) is 5.75 Å². The number of imide groups is 1. The molecule has 0 aliphatic carbocycles. The quantitative estimate of drug-likeness (QED) is 0.521. The lowest BCUT2D eigenvalue weighted by atomic mass is 9.93. The van der Waals surface area contributed by atoms with Gasteiger partial charge >= 0.3 is 6.03 Å². The zero-order valence-electron chi connectivity index (χ0n) is 15.7. The van der Waals surface area contributed by atoms with Crippen molar-refractivity contribution in [3.63, 3.8) is 0 Å². The van der Waals surface area contributed by atoms with Crippen LogP contribution in [-0.2, 0) is 17.8 Å². The fourth-order valence-corrected chi connectivity index (χ4v) is 3.02. The average molecular weight is 382 g/mol. The highest BCUT2D eigenvalue weighted by molar-refractivity contribution is 6.07. The van der Waals surface area contributed by atoms with Gasteiger partial charge in [-0.25, -0.2) is 4.79 Å². The Hall–Kier alpha value is -3.26. The van der Waals surface area contributed by atoms with Crippen molar-refractivity contribution in [1.29, 1.82) is 0 Å². The second kappa shape index (κ2) is 7.77. The molecule has 3 N–H and O–H groups in total. The number of nitrogens with zero attached hydrogens (tertiary/aromatic N) is 3. The van der Waals surface area contributed by atoms with Crippen molar-refractivity contribution in [1.82, 2.24) is 15.3 Å². The van der Waals surface area contributed by atoms with Crippen LogP contribution in [0.25, 0.3) is 0 Å². The summed E-state index contributed by atoms with van der Waals surface area (Å²) >= 11 is 0. The Labute approximate surface area is 162 Å². The molecule has 28 heavy (non-hydrogen) atoms. The van der Waals surface area contributed by atoms with Crippen molar-refractivity contribution in [2.24, 2.45) is 5.10 Å². The number of rotatable bonds is 6. The van der Waals surface area contributed by atoms with Crippen LogP contribution in [0.2, 0.25) is 0 Å². The third-order valence-corrected chi connectivity index (χ3v) is 4.83. The summed E-state index contributed by atoms with van der Waals surface area (Å²) < 4.78 is 0. The summed E-state index contributed by atoms with van der Waals surface area (Å²) in [6.07, 6.45) is 3.65. The lowest BCUT2D eigenvalue weighted by Gasteiger charge is -2.20. The second-order valence-electron chi connectivity index (χ2n) is 6.90. The number of carbonyl (C=O) groups excluding carboxylic acids is 2. The van der Waals surface area contributed by atoms with Crippen LogP contribution >= 0.6 is 0 Å². The lowest BCUT2D eigenvalue weighted by Crippen LogP contribution is -2.44. The van der Waals surface area contributed by atoms with Crippen molar-refractivity contribution >= 4 is 18.2 Å². The molecule has 2 aromatic rings. The van der Waals surface area contributed by atoms with E-state index in [2.05, 4.69) is 15.4 Å². The van der Waals surface area contributed by atoms with E-state index in [-0.39, 0.29) is 17.9 Å². The number of aromatic hydroxyl groups is 1. The smallest absolute Gasteiger partial charge is 0.346 e. The summed E-state index contributed by atoms with van der Waals surface area (Å²) in [4.78, 5) is 29.1. The maximum Gasteiger partial charge on any atom is 0.346 e. The van der Waals surface area contributed by atoms with Gasteiger partial charge < -0.3 is 15.5 Å². The molecule has 1 atom stereocenters. The summed E-state index contributed by atoms with van der Waals surface area (Å²) in [5.41, 5.74) is 0.903. The van der Waals surface area contributed by atoms with Crippen LogP contribution in [0.5, 0.6) is 5.75 Å². The van der Waals surface area contributed by atoms with Gasteiger partial charge in [-0.3, -0.25) is 9.78 Å². The van der Waals surface area contributed by atoms with Gasteiger partial charge in [-0.1, -0.05) is 30.3 Å². The molecule has 2 heterocycles. The summed E-state index contributed by atoms with van der Waals surface area (Å²) in [6.45, 7) is 2.90. The minimum atomic E-state index is -1.07. The molecule has 1 aliphatic heterocycles. The molecular weight excluding hydrogens is 360 g/mol. The first-order valence-electron chi connectivity index (χ1n) is 8.88. The topological polar surface area (TPSA) is 115 Å². The van der Waals surface area contributed by atoms with Gasteiger partial charge in [0.15, 0.2) is 0 Å². The van der Waals surface area contributed by atoms with E-state index in [1.54, 1.807) is 13.8 Å². The highest BCUT2D eigenvalue weighted by Gasteiger charge is 2.47. The van der Waals surface area contributed by atoms with E-state index in [1.807, 2.05) is 30.3 Å². The number of pyridine rings is 1. The molecule has 3 amide bonds. The molecule has 0 saturated carbocycles. The molecule has 8 nitrogen and oxygen atoms in total. The number of hydrogen-bond acceptors (Lipinski definition) is 6. The van der Waals surface area contributed by atoms with Gasteiger partial charge in [-0.05, 0) is 32.3 Å². The highest BCUT2D eigenvalue weighted by Crippen LogP contribution is 2.25. The third-order valence-electron chi connectivity index (χ3n) is 4.83. The maximum absolute atomic E-state index is 12.8. The molecule has 1 fully saturated rings. The number of urea groups is 1. The van der Waals surface area contributed by atoms with E-state index >= 15 is 0 Å². The number of benzene rings is 1. The van der Waals surface area contributed by atoms with Gasteiger partial charge in [0, 0.05) is 17.3 Å². The van der Waals surface area contributed by atoms with E-state index in [0.717, 1.165) is 10.6 Å². The van der Waals surface area contributed by atoms with E-state index < -0.39 is 17.5 Å². The fraction of sp³-hybridized carbons (Fsp3) is 0.300. The Morgan fingerprint density at radius 2 is 2.00 bits per heavy atom. The van der Waals surface area contributed by atoms with Crippen molar-refractivity contribution in [2.45, 2.75) is 38.8 Å². The van der Waals surface area contributed by atoms with Crippen LogP contribution in [0.4, 0.5) is 4.79 Å². The monoisotopic (exact) mass is 382 g/mol. The van der Waals surface area contributed by atoms with Crippen LogP contribution in [0, 0.1) is 6.92 Å². The van der Waals surface area contributed by atoms with Crippen LogP contribution in [-0.4, -0.2) is 43.9 Å². The molecule has 0 unspecified atom stereocenters. The zero-order chi connectivity index (χ0) is 20.3. The van der Waals surface area contributed by atoms with Crippen molar-refractivity contribution in [3.05, 3.63) is 58.9 Å². The van der Waals surface area contributed by atoms with Gasteiger partial charge in [-0.15, -0.1) is 5.01 Å². The number of hydrazone groups is 1. The highest BCUT2D eigenvalue weighted by atomic mass is 16.3. The summed E-state index contributed by atoms with van der Waals surface area (Å²) in [7, 11) is 0. The second-order valence-corrected chi connectivity index (χ2v) is 6.90. The fourth-order valence-electron chi connectivity index (χ4n) is 3.02. The normalized spacial score (nSPS) is 19.5. The van der Waals surface area contributed by atoms with Crippen LogP contribution in [0.15, 0.2) is 41.6 Å². The Bertz CT molecular complexity index is 929. The van der Waals surface area contributed by atoms with Crippen molar-refractivity contribution < 1.29 is 19.8 Å². The van der Waals surface area contributed by atoms with Gasteiger partial charge in [0.05, 0.1) is 18.5 Å². The number of hydrogen-bond donors (Lipinski definition) is 3. The Morgan fingerprint density at radius 1 is 1.29 bits per heavy atom. The number of aromatic nitrogens is 1. The SMILES string of the molecule is Cc1ncc(CO)c(/C=N/N2C(=O)N[C@@](C)(CCc3ccccc3)C2=O)c1O. The number of nitrogens with one attached hydrogen (secondary N) is 1. The maximum atomic E-state index is 12.8. The van der Waals surface area contributed by atoms with Gasteiger partial charge in [0.25, 0.3) is 5.91 Å². The first-order chi connectivity index (χ1) is 13.4. The summed E-state index contributed by atoms with van der Waals surface area (Å²) in [5.74, 6) is -0.630. The molecule has 1 aromatic carbocycles. The predicted octanol–water partition coefficient (Wildman–Crippen LogP) is 1.87. The summed E-state index contributed by atoms with van der Waals surface area (Å²) in [5, 5.41) is 27.0. The molecule has 0 bridgehead atoms. The van der Waals surface area contributed by atoms with E-state index in [0.29, 0.717) is 24.1 Å². The van der Waals surface area contributed by atoms with Gasteiger partial charge in [-0.2, -0.15) is 5.10 Å². The van der Waals surface area contributed by atoms with Crippen LogP contribution in [0.1, 0.15) is 35.7 Å². The molecule has 0 radical (unpaired) electrons. The zero-order valence-corrected chi connectivity index (χ0v) is 15.7. The van der Waals surface area contributed by atoms with Crippen LogP contribution < -0.4 is 5.32 Å².